The van der Waals surface area contributed by atoms with Gasteiger partial charge >= 0.3 is 4.52 Å². The molecule has 0 saturated carbocycles. The van der Waals surface area contributed by atoms with Crippen LogP contribution in [-0.2, 0) is 9.53 Å². The molecule has 0 aromatic carbocycles. The van der Waals surface area contributed by atoms with Crippen LogP contribution in [0.3, 0.4) is 0 Å². The van der Waals surface area contributed by atoms with Crippen LogP contribution in [0.25, 0.3) is 0 Å². The first-order valence-corrected chi connectivity index (χ1v) is 9.81. The molecule has 1 heterocycles. The van der Waals surface area contributed by atoms with Crippen molar-refractivity contribution in [3.05, 3.63) is 11.0 Å². The third kappa shape index (κ3) is 2.82. The van der Waals surface area contributed by atoms with E-state index >= 15 is 0 Å². The molecule has 1 rings (SSSR count). The number of allylic oxidation sites excluding steroid dienone is 1. The lowest BCUT2D eigenvalue weighted by molar-refractivity contribution is -0.119. The quantitative estimate of drug-likeness (QED) is 0.574. The SMILES string of the molecule is CCCCC1=C([Si](C)(C)C)C(=O)C(Cl)(Cl)O1. The van der Waals surface area contributed by atoms with E-state index in [-0.39, 0.29) is 5.78 Å². The highest BCUT2D eigenvalue weighted by atomic mass is 35.5. The van der Waals surface area contributed by atoms with Crippen LogP contribution in [0, 0.1) is 0 Å². The molecular formula is C11H18Cl2O2Si. The number of rotatable bonds is 4. The summed E-state index contributed by atoms with van der Waals surface area (Å²) in [7, 11) is -1.75. The second kappa shape index (κ2) is 4.71. The molecule has 5 heteroatoms. The minimum absolute atomic E-state index is 0.249. The van der Waals surface area contributed by atoms with Crippen molar-refractivity contribution in [2.24, 2.45) is 0 Å². The van der Waals surface area contributed by atoms with Gasteiger partial charge in [0.2, 0.25) is 5.78 Å². The zero-order chi connectivity index (χ0) is 12.6. The third-order valence-electron chi connectivity index (χ3n) is 2.53. The minimum Gasteiger partial charge on any atom is -0.456 e. The zero-order valence-corrected chi connectivity index (χ0v) is 12.7. The van der Waals surface area contributed by atoms with Gasteiger partial charge in [-0.1, -0.05) is 33.0 Å². The first-order valence-electron chi connectivity index (χ1n) is 5.55. The molecule has 2 nitrogen and oxygen atoms in total. The van der Waals surface area contributed by atoms with E-state index in [2.05, 4.69) is 26.6 Å². The lowest BCUT2D eigenvalue weighted by Gasteiger charge is -2.17. The molecule has 0 aromatic heterocycles. The number of Topliss-reactive ketones (excluding diaryl/α,β-unsaturated/α-hetero) is 1. The molecule has 0 fully saturated rings. The predicted octanol–water partition coefficient (Wildman–Crippen LogP) is 4.04. The zero-order valence-electron chi connectivity index (χ0n) is 10.2. The highest BCUT2D eigenvalue weighted by molar-refractivity contribution is 6.89. The Balaban J connectivity index is 3.05. The van der Waals surface area contributed by atoms with Crippen molar-refractivity contribution in [2.45, 2.75) is 50.3 Å². The van der Waals surface area contributed by atoms with Gasteiger partial charge in [0, 0.05) is 11.6 Å². The van der Waals surface area contributed by atoms with Crippen LogP contribution in [0.15, 0.2) is 11.0 Å². The van der Waals surface area contributed by atoms with Crippen molar-refractivity contribution in [3.8, 4) is 0 Å². The average Bonchev–Trinajstić information content (AvgIpc) is 2.33. The fourth-order valence-electron chi connectivity index (χ4n) is 1.80. The van der Waals surface area contributed by atoms with Crippen LogP contribution < -0.4 is 0 Å². The molecule has 0 aliphatic carbocycles. The number of ketones is 1. The minimum atomic E-state index is -1.75. The summed E-state index contributed by atoms with van der Waals surface area (Å²) in [5.41, 5.74) is 0. The second-order valence-corrected chi connectivity index (χ2v) is 11.4. The number of hydrogen-bond donors (Lipinski definition) is 0. The van der Waals surface area contributed by atoms with Crippen LogP contribution in [0.2, 0.25) is 19.6 Å². The van der Waals surface area contributed by atoms with Crippen molar-refractivity contribution >= 4 is 37.1 Å². The molecule has 1 aliphatic rings. The maximum Gasteiger partial charge on any atom is 0.322 e. The summed E-state index contributed by atoms with van der Waals surface area (Å²) in [6.07, 6.45) is 2.79. The predicted molar refractivity (Wildman–Crippen MR) is 70.4 cm³/mol. The first kappa shape index (κ1) is 14.1. The summed E-state index contributed by atoms with van der Waals surface area (Å²) in [5.74, 6) is 0.470. The largest absolute Gasteiger partial charge is 0.456 e. The maximum absolute atomic E-state index is 12.0. The molecular weight excluding hydrogens is 263 g/mol. The van der Waals surface area contributed by atoms with E-state index in [1.165, 1.54) is 0 Å². The molecule has 16 heavy (non-hydrogen) atoms. The average molecular weight is 281 g/mol. The normalized spacial score (nSPS) is 20.2. The number of alkyl halides is 2. The molecule has 0 unspecified atom stereocenters. The standard InChI is InChI=1S/C11H18Cl2O2Si/c1-5-6-7-8-9(16(2,3)4)10(14)11(12,13)15-8/h5-7H2,1-4H3. The van der Waals surface area contributed by atoms with Gasteiger partial charge in [0.05, 0.1) is 8.07 Å². The Bertz CT molecular complexity index is 329. The molecule has 92 valence electrons. The van der Waals surface area contributed by atoms with E-state index in [0.29, 0.717) is 0 Å². The molecule has 0 spiro atoms. The van der Waals surface area contributed by atoms with E-state index in [1.807, 2.05) is 0 Å². The maximum atomic E-state index is 12.0. The number of carbonyl (C=O) groups excluding carboxylic acids is 1. The Kier molecular flexibility index (Phi) is 4.14. The van der Waals surface area contributed by atoms with Crippen molar-refractivity contribution in [3.63, 3.8) is 0 Å². The Morgan fingerprint density at radius 2 is 1.88 bits per heavy atom. The van der Waals surface area contributed by atoms with Crippen LogP contribution in [0.5, 0.6) is 0 Å². The summed E-state index contributed by atoms with van der Waals surface area (Å²) >= 11 is 11.7. The Labute approximate surface area is 108 Å². The van der Waals surface area contributed by atoms with Gasteiger partial charge in [0.15, 0.2) is 0 Å². The molecule has 0 bridgehead atoms. The summed E-state index contributed by atoms with van der Waals surface area (Å²) in [5, 5.41) is 0.769. The van der Waals surface area contributed by atoms with E-state index in [0.717, 1.165) is 30.2 Å². The van der Waals surface area contributed by atoms with Gasteiger partial charge in [-0.2, -0.15) is 0 Å². The number of hydrogen-bond acceptors (Lipinski definition) is 2. The van der Waals surface area contributed by atoms with Gasteiger partial charge < -0.3 is 4.74 Å². The molecule has 0 atom stereocenters. The lowest BCUT2D eigenvalue weighted by atomic mass is 10.2. The Hall–Kier alpha value is 0.00688. The van der Waals surface area contributed by atoms with Crippen molar-refractivity contribution in [2.75, 3.05) is 0 Å². The molecule has 0 aromatic rings. The van der Waals surface area contributed by atoms with Crippen LogP contribution in [0.4, 0.5) is 0 Å². The smallest absolute Gasteiger partial charge is 0.322 e. The highest BCUT2D eigenvalue weighted by Gasteiger charge is 2.50. The lowest BCUT2D eigenvalue weighted by Crippen LogP contribution is -2.33. The number of carbonyl (C=O) groups is 1. The van der Waals surface area contributed by atoms with Crippen molar-refractivity contribution in [1.82, 2.24) is 0 Å². The third-order valence-corrected chi connectivity index (χ3v) is 5.03. The van der Waals surface area contributed by atoms with Crippen molar-refractivity contribution in [1.29, 1.82) is 0 Å². The summed E-state index contributed by atoms with van der Waals surface area (Å²) in [4.78, 5) is 12.0. The molecule has 0 radical (unpaired) electrons. The topological polar surface area (TPSA) is 26.3 Å². The molecule has 1 aliphatic heterocycles. The first-order chi connectivity index (χ1) is 7.20. The number of ether oxygens (including phenoxy) is 1. The van der Waals surface area contributed by atoms with Gasteiger partial charge in [-0.05, 0) is 29.6 Å². The summed E-state index contributed by atoms with van der Waals surface area (Å²) in [6.45, 7) is 8.40. The summed E-state index contributed by atoms with van der Waals surface area (Å²) in [6, 6.07) is 0. The van der Waals surface area contributed by atoms with Crippen LogP contribution in [0.1, 0.15) is 26.2 Å². The van der Waals surface area contributed by atoms with Gasteiger partial charge in [0.25, 0.3) is 0 Å². The fourth-order valence-corrected chi connectivity index (χ4v) is 4.20. The fraction of sp³-hybridized carbons (Fsp3) is 0.727. The highest BCUT2D eigenvalue weighted by Crippen LogP contribution is 2.42. The number of halogens is 2. The van der Waals surface area contributed by atoms with E-state index in [1.54, 1.807) is 0 Å². The Morgan fingerprint density at radius 3 is 2.31 bits per heavy atom. The molecule has 0 N–H and O–H groups in total. The monoisotopic (exact) mass is 280 g/mol. The van der Waals surface area contributed by atoms with E-state index < -0.39 is 12.6 Å². The van der Waals surface area contributed by atoms with Gasteiger partial charge in [-0.3, -0.25) is 4.79 Å². The summed E-state index contributed by atoms with van der Waals surface area (Å²) < 4.78 is 3.72. The molecule has 0 amide bonds. The Morgan fingerprint density at radius 1 is 1.31 bits per heavy atom. The number of unbranched alkanes of at least 4 members (excludes halogenated alkanes) is 1. The van der Waals surface area contributed by atoms with E-state index in [9.17, 15) is 4.79 Å². The van der Waals surface area contributed by atoms with E-state index in [4.69, 9.17) is 27.9 Å². The second-order valence-electron chi connectivity index (χ2n) is 5.10. The van der Waals surface area contributed by atoms with Gasteiger partial charge in [-0.25, -0.2) is 0 Å². The molecule has 0 saturated heterocycles. The van der Waals surface area contributed by atoms with Gasteiger partial charge in [-0.15, -0.1) is 0 Å². The van der Waals surface area contributed by atoms with Crippen LogP contribution in [-0.4, -0.2) is 18.4 Å². The van der Waals surface area contributed by atoms with Gasteiger partial charge in [0.1, 0.15) is 5.76 Å². The van der Waals surface area contributed by atoms with Crippen molar-refractivity contribution < 1.29 is 9.53 Å². The van der Waals surface area contributed by atoms with Crippen LogP contribution >= 0.6 is 23.2 Å².